The van der Waals surface area contributed by atoms with Crippen molar-refractivity contribution in [2.24, 2.45) is 5.92 Å². The van der Waals surface area contributed by atoms with E-state index >= 15 is 0 Å². The predicted octanol–water partition coefficient (Wildman–Crippen LogP) is 2.68. The minimum absolute atomic E-state index is 0.0492. The third kappa shape index (κ3) is 3.94. The van der Waals surface area contributed by atoms with Crippen LogP contribution in [0.2, 0.25) is 0 Å². The third-order valence-corrected chi connectivity index (χ3v) is 5.21. The molecule has 3 aromatic rings. The summed E-state index contributed by atoms with van der Waals surface area (Å²) in [5, 5.41) is 10.4. The van der Waals surface area contributed by atoms with Gasteiger partial charge in [-0.1, -0.05) is 12.1 Å². The number of hydrogen-bond donors (Lipinski definition) is 1. The number of aromatic amines is 1. The average Bonchev–Trinajstić information content (AvgIpc) is 3.27. The number of nitrogens with one attached hydrogen (secondary N) is 1. The zero-order chi connectivity index (χ0) is 21.3. The van der Waals surface area contributed by atoms with Gasteiger partial charge in [0.05, 0.1) is 18.7 Å². The summed E-state index contributed by atoms with van der Waals surface area (Å²) in [4.78, 5) is 27.2. The van der Waals surface area contributed by atoms with Gasteiger partial charge in [0.15, 0.2) is 0 Å². The largest absolute Gasteiger partial charge is 0.493 e. The molecule has 0 spiro atoms. The Kier molecular flexibility index (Phi) is 5.31. The van der Waals surface area contributed by atoms with E-state index in [2.05, 4.69) is 15.4 Å². The minimum atomic E-state index is -0.392. The van der Waals surface area contributed by atoms with Gasteiger partial charge in [-0.2, -0.15) is 15.4 Å². The molecule has 1 N–H and O–H groups in total. The minimum Gasteiger partial charge on any atom is -0.493 e. The lowest BCUT2D eigenvalue weighted by molar-refractivity contribution is -0.123. The number of ether oxygens (including phenoxy) is 1. The van der Waals surface area contributed by atoms with Gasteiger partial charge in [0.2, 0.25) is 0 Å². The van der Waals surface area contributed by atoms with Gasteiger partial charge in [0.1, 0.15) is 23.0 Å². The number of fused-ring (bicyclic) bond motifs is 1. The fourth-order valence-electron chi connectivity index (χ4n) is 3.57. The molecule has 1 aromatic heterocycles. The second-order valence-corrected chi connectivity index (χ2v) is 7.53. The Hall–Kier alpha value is -3.55. The first kappa shape index (κ1) is 19.8. The summed E-state index contributed by atoms with van der Waals surface area (Å²) in [7, 11) is 3.33. The third-order valence-electron chi connectivity index (χ3n) is 5.21. The fourth-order valence-corrected chi connectivity index (χ4v) is 3.57. The van der Waals surface area contributed by atoms with Gasteiger partial charge in [-0.05, 0) is 41.8 Å². The molecule has 0 saturated heterocycles. The van der Waals surface area contributed by atoms with Gasteiger partial charge >= 0.3 is 0 Å². The van der Waals surface area contributed by atoms with Gasteiger partial charge in [-0.25, -0.2) is 4.39 Å². The van der Waals surface area contributed by atoms with E-state index in [9.17, 15) is 14.0 Å². The van der Waals surface area contributed by atoms with Crippen LogP contribution in [0, 0.1) is 11.7 Å². The number of ketones is 1. The van der Waals surface area contributed by atoms with E-state index in [1.807, 2.05) is 6.07 Å². The molecular weight excluding hydrogens is 387 g/mol. The number of Topliss-reactive ketones (excluding diaryl/α,β-unsaturated/α-hetero) is 1. The van der Waals surface area contributed by atoms with Crippen LogP contribution in [-0.2, 0) is 17.6 Å². The molecule has 0 bridgehead atoms. The second-order valence-electron chi connectivity index (χ2n) is 7.53. The Bertz CT molecular complexity index is 1100. The maximum atomic E-state index is 13.5. The van der Waals surface area contributed by atoms with Crippen molar-refractivity contribution in [1.82, 2.24) is 20.3 Å². The van der Waals surface area contributed by atoms with Crippen molar-refractivity contribution < 1.29 is 18.7 Å². The molecule has 0 radical (unpaired) electrons. The van der Waals surface area contributed by atoms with Crippen LogP contribution in [0.25, 0.3) is 11.3 Å². The zero-order valence-corrected chi connectivity index (χ0v) is 16.7. The summed E-state index contributed by atoms with van der Waals surface area (Å²) in [6.45, 7) is 0.242. The van der Waals surface area contributed by atoms with Crippen molar-refractivity contribution in [3.05, 3.63) is 65.1 Å². The first-order valence-corrected chi connectivity index (χ1v) is 9.57. The van der Waals surface area contributed by atoms with Crippen molar-refractivity contribution in [2.75, 3.05) is 20.7 Å². The highest BCUT2D eigenvalue weighted by Gasteiger charge is 2.27. The summed E-state index contributed by atoms with van der Waals surface area (Å²) >= 11 is 0. The maximum absolute atomic E-state index is 13.5. The van der Waals surface area contributed by atoms with Gasteiger partial charge in [-0.3, -0.25) is 9.59 Å². The van der Waals surface area contributed by atoms with Crippen molar-refractivity contribution in [1.29, 1.82) is 0 Å². The molecule has 0 aliphatic carbocycles. The van der Waals surface area contributed by atoms with E-state index in [4.69, 9.17) is 4.74 Å². The van der Waals surface area contributed by atoms with Crippen LogP contribution in [0.3, 0.4) is 0 Å². The fraction of sp³-hybridized carbons (Fsp3) is 0.273. The average molecular weight is 408 g/mol. The summed E-state index contributed by atoms with van der Waals surface area (Å²) in [6.07, 6.45) is 2.08. The molecule has 2 heterocycles. The van der Waals surface area contributed by atoms with Crippen LogP contribution in [0.15, 0.2) is 42.6 Å². The van der Waals surface area contributed by atoms with Crippen molar-refractivity contribution in [3.63, 3.8) is 0 Å². The molecule has 8 heteroatoms. The Labute approximate surface area is 172 Å². The standard InChI is InChI=1S/C22H21FN4O3/c1-27(2)22(29)18-9-14(19-11-24-26-25-19)4-3-13(18)10-20(28)16-7-15-8-17(23)5-6-21(15)30-12-16/h3-6,8-9,11,16H,7,10,12H2,1-2H3,(H,24,25,26). The number of carbonyl (C=O) groups is 2. The predicted molar refractivity (Wildman–Crippen MR) is 108 cm³/mol. The van der Waals surface area contributed by atoms with Crippen molar-refractivity contribution in [3.8, 4) is 17.0 Å². The summed E-state index contributed by atoms with van der Waals surface area (Å²) in [5.74, 6) is -0.382. The Balaban J connectivity index is 1.59. The van der Waals surface area contributed by atoms with E-state index in [1.165, 1.54) is 17.0 Å². The number of amides is 1. The molecule has 1 aliphatic heterocycles. The van der Waals surface area contributed by atoms with Crippen molar-refractivity contribution >= 4 is 11.7 Å². The summed E-state index contributed by atoms with van der Waals surface area (Å²) in [6, 6.07) is 9.65. The van der Waals surface area contributed by atoms with Crippen LogP contribution >= 0.6 is 0 Å². The molecule has 154 valence electrons. The normalized spacial score (nSPS) is 15.2. The van der Waals surface area contributed by atoms with E-state index in [-0.39, 0.29) is 30.5 Å². The van der Waals surface area contributed by atoms with Crippen LogP contribution in [-0.4, -0.2) is 52.7 Å². The van der Waals surface area contributed by atoms with Gasteiger partial charge in [-0.15, -0.1) is 0 Å². The Morgan fingerprint density at radius 3 is 2.80 bits per heavy atom. The number of H-pyrrole nitrogens is 1. The summed E-state index contributed by atoms with van der Waals surface area (Å²) < 4.78 is 19.2. The lowest BCUT2D eigenvalue weighted by Crippen LogP contribution is -2.30. The van der Waals surface area contributed by atoms with Gasteiger partial charge < -0.3 is 9.64 Å². The topological polar surface area (TPSA) is 88.2 Å². The molecule has 0 saturated carbocycles. The number of benzene rings is 2. The molecule has 1 unspecified atom stereocenters. The maximum Gasteiger partial charge on any atom is 0.253 e. The number of rotatable bonds is 5. The van der Waals surface area contributed by atoms with Crippen LogP contribution in [0.4, 0.5) is 4.39 Å². The van der Waals surface area contributed by atoms with E-state index in [0.29, 0.717) is 34.6 Å². The van der Waals surface area contributed by atoms with Crippen molar-refractivity contribution in [2.45, 2.75) is 12.8 Å². The van der Waals surface area contributed by atoms with Crippen LogP contribution in [0.1, 0.15) is 21.5 Å². The van der Waals surface area contributed by atoms with E-state index in [1.54, 1.807) is 38.5 Å². The molecule has 0 fully saturated rings. The van der Waals surface area contributed by atoms with Crippen LogP contribution < -0.4 is 4.74 Å². The summed E-state index contributed by atoms with van der Waals surface area (Å²) in [5.41, 5.74) is 3.11. The first-order valence-electron chi connectivity index (χ1n) is 9.57. The van der Waals surface area contributed by atoms with Gasteiger partial charge in [0, 0.05) is 31.6 Å². The lowest BCUT2D eigenvalue weighted by Gasteiger charge is -2.25. The number of carbonyl (C=O) groups excluding carboxylic acids is 2. The second kappa shape index (κ2) is 8.06. The monoisotopic (exact) mass is 408 g/mol. The first-order chi connectivity index (χ1) is 14.4. The highest BCUT2D eigenvalue weighted by Crippen LogP contribution is 2.29. The quantitative estimate of drug-likeness (QED) is 0.701. The number of aromatic nitrogens is 3. The highest BCUT2D eigenvalue weighted by atomic mass is 19.1. The molecule has 1 atom stereocenters. The number of halogens is 1. The van der Waals surface area contributed by atoms with E-state index < -0.39 is 5.92 Å². The Morgan fingerprint density at radius 2 is 2.07 bits per heavy atom. The molecule has 30 heavy (non-hydrogen) atoms. The highest BCUT2D eigenvalue weighted by molar-refractivity contribution is 5.98. The van der Waals surface area contributed by atoms with Crippen LogP contribution in [0.5, 0.6) is 5.75 Å². The number of hydrogen-bond acceptors (Lipinski definition) is 5. The van der Waals surface area contributed by atoms with Gasteiger partial charge in [0.25, 0.3) is 5.91 Å². The molecule has 1 amide bonds. The molecule has 7 nitrogen and oxygen atoms in total. The molecule has 4 rings (SSSR count). The number of nitrogens with zero attached hydrogens (tertiary/aromatic N) is 3. The zero-order valence-electron chi connectivity index (χ0n) is 16.7. The smallest absolute Gasteiger partial charge is 0.253 e. The lowest BCUT2D eigenvalue weighted by atomic mass is 9.88. The molecule has 1 aliphatic rings. The SMILES string of the molecule is CN(C)C(=O)c1cc(-c2cn[nH]n2)ccc1CC(=O)C1COc2ccc(F)cc2C1. The molecular formula is C22H21FN4O3. The van der Waals surface area contributed by atoms with E-state index in [0.717, 1.165) is 5.56 Å². The Morgan fingerprint density at radius 1 is 1.23 bits per heavy atom. The molecule has 2 aromatic carbocycles.